The normalized spacial score (nSPS) is 13.3. The standard InChI is InChI=1S/C19H22ClNO3/c1-13(15-3-7-17(20)8-4-15)21-11-18(23)12-24-19-9-5-16(6-10-19)14(2)22/h3-10,13,18,21,23H,11-12H2,1-2H3. The van der Waals surface area contributed by atoms with Crippen molar-refractivity contribution in [1.29, 1.82) is 0 Å². The Morgan fingerprint density at radius 1 is 1.17 bits per heavy atom. The highest BCUT2D eigenvalue weighted by molar-refractivity contribution is 6.30. The van der Waals surface area contributed by atoms with E-state index in [2.05, 4.69) is 5.32 Å². The van der Waals surface area contributed by atoms with Gasteiger partial charge in [0.25, 0.3) is 0 Å². The lowest BCUT2D eigenvalue weighted by Crippen LogP contribution is -2.33. The van der Waals surface area contributed by atoms with E-state index in [1.807, 2.05) is 31.2 Å². The van der Waals surface area contributed by atoms with Crippen LogP contribution < -0.4 is 10.1 Å². The first kappa shape index (κ1) is 18.5. The number of nitrogens with one attached hydrogen (secondary N) is 1. The Morgan fingerprint density at radius 2 is 1.79 bits per heavy atom. The van der Waals surface area contributed by atoms with E-state index in [9.17, 15) is 9.90 Å². The summed E-state index contributed by atoms with van der Waals surface area (Å²) in [6, 6.07) is 14.6. The van der Waals surface area contributed by atoms with Crippen LogP contribution in [0.25, 0.3) is 0 Å². The van der Waals surface area contributed by atoms with Crippen LogP contribution in [-0.2, 0) is 0 Å². The molecule has 0 saturated heterocycles. The van der Waals surface area contributed by atoms with Crippen LogP contribution in [-0.4, -0.2) is 30.1 Å². The number of benzene rings is 2. The van der Waals surface area contributed by atoms with Crippen LogP contribution in [0.15, 0.2) is 48.5 Å². The van der Waals surface area contributed by atoms with E-state index in [0.29, 0.717) is 22.9 Å². The summed E-state index contributed by atoms with van der Waals surface area (Å²) in [5.74, 6) is 0.645. The Bertz CT molecular complexity index is 655. The van der Waals surface area contributed by atoms with Gasteiger partial charge in [-0.15, -0.1) is 0 Å². The van der Waals surface area contributed by atoms with Gasteiger partial charge in [-0.2, -0.15) is 0 Å². The minimum Gasteiger partial charge on any atom is -0.491 e. The molecule has 2 aromatic rings. The number of rotatable bonds is 8. The molecule has 0 aliphatic heterocycles. The third kappa shape index (κ3) is 5.64. The number of carbonyl (C=O) groups excluding carboxylic acids is 1. The monoisotopic (exact) mass is 347 g/mol. The molecule has 0 aliphatic rings. The van der Waals surface area contributed by atoms with Crippen molar-refractivity contribution in [3.63, 3.8) is 0 Å². The molecule has 5 heteroatoms. The number of Topliss-reactive ketones (excluding diaryl/α,β-unsaturated/α-hetero) is 1. The number of carbonyl (C=O) groups is 1. The number of aliphatic hydroxyl groups is 1. The minimum atomic E-state index is -0.632. The van der Waals surface area contributed by atoms with Gasteiger partial charge in [-0.05, 0) is 55.8 Å². The Hall–Kier alpha value is -1.88. The van der Waals surface area contributed by atoms with Gasteiger partial charge in [0.2, 0.25) is 0 Å². The Balaban J connectivity index is 1.75. The zero-order valence-electron chi connectivity index (χ0n) is 13.8. The molecule has 0 spiro atoms. The maximum Gasteiger partial charge on any atom is 0.159 e. The number of hydrogen-bond acceptors (Lipinski definition) is 4. The van der Waals surface area contributed by atoms with E-state index in [4.69, 9.17) is 16.3 Å². The predicted molar refractivity (Wildman–Crippen MR) is 95.8 cm³/mol. The van der Waals surface area contributed by atoms with Gasteiger partial charge in [-0.25, -0.2) is 0 Å². The Kier molecular flexibility index (Phi) is 6.79. The molecule has 0 bridgehead atoms. The number of halogens is 1. The lowest BCUT2D eigenvalue weighted by atomic mass is 10.1. The fraction of sp³-hybridized carbons (Fsp3) is 0.316. The summed E-state index contributed by atoms with van der Waals surface area (Å²) in [6.45, 7) is 4.14. The molecule has 0 aliphatic carbocycles. The number of ketones is 1. The highest BCUT2D eigenvalue weighted by Gasteiger charge is 2.10. The summed E-state index contributed by atoms with van der Waals surface area (Å²) in [5, 5.41) is 14.0. The van der Waals surface area contributed by atoms with Crippen LogP contribution >= 0.6 is 11.6 Å². The van der Waals surface area contributed by atoms with Crippen LogP contribution in [0.2, 0.25) is 5.02 Å². The van der Waals surface area contributed by atoms with E-state index in [1.54, 1.807) is 24.3 Å². The zero-order chi connectivity index (χ0) is 17.5. The fourth-order valence-electron chi connectivity index (χ4n) is 2.22. The second-order valence-electron chi connectivity index (χ2n) is 5.73. The van der Waals surface area contributed by atoms with Crippen LogP contribution in [0.5, 0.6) is 5.75 Å². The summed E-state index contributed by atoms with van der Waals surface area (Å²) in [4.78, 5) is 11.2. The van der Waals surface area contributed by atoms with Crippen LogP contribution in [0, 0.1) is 0 Å². The smallest absolute Gasteiger partial charge is 0.159 e. The molecular weight excluding hydrogens is 326 g/mol. The van der Waals surface area contributed by atoms with Crippen LogP contribution in [0.4, 0.5) is 0 Å². The molecule has 0 fully saturated rings. The summed E-state index contributed by atoms with van der Waals surface area (Å²) in [5.41, 5.74) is 1.74. The molecular formula is C19H22ClNO3. The third-order valence-corrected chi connectivity index (χ3v) is 3.98. The molecule has 0 amide bonds. The lowest BCUT2D eigenvalue weighted by molar-refractivity contribution is 0.101. The van der Waals surface area contributed by atoms with Crippen LogP contribution in [0.1, 0.15) is 35.8 Å². The van der Waals surface area contributed by atoms with Crippen molar-refractivity contribution >= 4 is 17.4 Å². The maximum absolute atomic E-state index is 11.2. The van der Waals surface area contributed by atoms with Gasteiger partial charge in [0.1, 0.15) is 18.5 Å². The maximum atomic E-state index is 11.2. The first-order valence-corrected chi connectivity index (χ1v) is 8.24. The summed E-state index contributed by atoms with van der Waals surface area (Å²) < 4.78 is 5.54. The Labute approximate surface area is 147 Å². The van der Waals surface area contributed by atoms with E-state index in [1.165, 1.54) is 6.92 Å². The minimum absolute atomic E-state index is 0.0157. The molecule has 4 nitrogen and oxygen atoms in total. The molecule has 0 aromatic heterocycles. The van der Waals surface area contributed by atoms with Crippen molar-refractivity contribution in [2.75, 3.05) is 13.2 Å². The molecule has 2 unspecified atom stereocenters. The SMILES string of the molecule is CC(=O)c1ccc(OCC(O)CNC(C)c2ccc(Cl)cc2)cc1. The van der Waals surface area contributed by atoms with Crippen LogP contribution in [0.3, 0.4) is 0 Å². The highest BCUT2D eigenvalue weighted by Crippen LogP contribution is 2.16. The molecule has 0 saturated carbocycles. The predicted octanol–water partition coefficient (Wildman–Crippen LogP) is 3.63. The van der Waals surface area contributed by atoms with E-state index < -0.39 is 6.10 Å². The van der Waals surface area contributed by atoms with Crippen molar-refractivity contribution in [3.8, 4) is 5.75 Å². The molecule has 0 radical (unpaired) electrons. The van der Waals surface area contributed by atoms with Gasteiger partial charge >= 0.3 is 0 Å². The number of ether oxygens (including phenoxy) is 1. The third-order valence-electron chi connectivity index (χ3n) is 3.73. The van der Waals surface area contributed by atoms with Gasteiger partial charge in [-0.1, -0.05) is 23.7 Å². The van der Waals surface area contributed by atoms with Crippen molar-refractivity contribution in [1.82, 2.24) is 5.32 Å². The lowest BCUT2D eigenvalue weighted by Gasteiger charge is -2.18. The van der Waals surface area contributed by atoms with E-state index >= 15 is 0 Å². The quantitative estimate of drug-likeness (QED) is 0.716. The molecule has 2 atom stereocenters. The van der Waals surface area contributed by atoms with Gasteiger partial charge in [-0.3, -0.25) is 4.79 Å². The first-order chi connectivity index (χ1) is 11.5. The molecule has 2 N–H and O–H groups in total. The van der Waals surface area contributed by atoms with E-state index in [0.717, 1.165) is 5.56 Å². The average Bonchev–Trinajstić information content (AvgIpc) is 2.58. The molecule has 24 heavy (non-hydrogen) atoms. The van der Waals surface area contributed by atoms with Gasteiger partial charge in [0.15, 0.2) is 5.78 Å². The van der Waals surface area contributed by atoms with Gasteiger partial charge in [0, 0.05) is 23.2 Å². The van der Waals surface area contributed by atoms with Crippen molar-refractivity contribution in [3.05, 3.63) is 64.7 Å². The zero-order valence-corrected chi connectivity index (χ0v) is 14.6. The van der Waals surface area contributed by atoms with Crippen molar-refractivity contribution < 1.29 is 14.6 Å². The summed E-state index contributed by atoms with van der Waals surface area (Å²) in [6.07, 6.45) is -0.632. The average molecular weight is 348 g/mol. The number of hydrogen-bond donors (Lipinski definition) is 2. The molecule has 2 aromatic carbocycles. The topological polar surface area (TPSA) is 58.6 Å². The fourth-order valence-corrected chi connectivity index (χ4v) is 2.35. The molecule has 128 valence electrons. The summed E-state index contributed by atoms with van der Waals surface area (Å²) >= 11 is 5.87. The van der Waals surface area contributed by atoms with Crippen molar-refractivity contribution in [2.24, 2.45) is 0 Å². The number of aliphatic hydroxyl groups excluding tert-OH is 1. The highest BCUT2D eigenvalue weighted by atomic mass is 35.5. The van der Waals surface area contributed by atoms with Gasteiger partial charge in [0.05, 0.1) is 0 Å². The molecule has 0 heterocycles. The van der Waals surface area contributed by atoms with Gasteiger partial charge < -0.3 is 15.2 Å². The largest absolute Gasteiger partial charge is 0.491 e. The Morgan fingerprint density at radius 3 is 2.38 bits per heavy atom. The second-order valence-corrected chi connectivity index (χ2v) is 6.16. The second kappa shape index (κ2) is 8.83. The van der Waals surface area contributed by atoms with E-state index in [-0.39, 0.29) is 18.4 Å². The summed E-state index contributed by atoms with van der Waals surface area (Å²) in [7, 11) is 0. The van der Waals surface area contributed by atoms with Crippen molar-refractivity contribution in [2.45, 2.75) is 26.0 Å². The first-order valence-electron chi connectivity index (χ1n) is 7.86. The molecule has 2 rings (SSSR count).